The zero-order valence-corrected chi connectivity index (χ0v) is 18.7. The number of hydrogen-bond donors (Lipinski definition) is 0. The first-order valence-electron chi connectivity index (χ1n) is 10.2. The van der Waals surface area contributed by atoms with Crippen LogP contribution in [0.3, 0.4) is 0 Å². The molecular weight excluding hydrogens is 454 g/mol. The van der Waals surface area contributed by atoms with E-state index in [9.17, 15) is 14.4 Å². The van der Waals surface area contributed by atoms with Crippen molar-refractivity contribution in [2.45, 2.75) is 19.4 Å². The maximum atomic E-state index is 12.7. The predicted octanol–water partition coefficient (Wildman–Crippen LogP) is 5.02. The van der Waals surface area contributed by atoms with Crippen LogP contribution in [-0.4, -0.2) is 28.9 Å². The molecule has 1 saturated heterocycles. The summed E-state index contributed by atoms with van der Waals surface area (Å²) < 4.78 is 0.899. The molecule has 1 fully saturated rings. The molecule has 0 aromatic heterocycles. The van der Waals surface area contributed by atoms with Gasteiger partial charge in [0.05, 0.1) is 6.04 Å². The van der Waals surface area contributed by atoms with Gasteiger partial charge in [0.15, 0.2) is 0 Å². The van der Waals surface area contributed by atoms with Crippen LogP contribution in [0.15, 0.2) is 83.3 Å². The Morgan fingerprint density at radius 1 is 0.871 bits per heavy atom. The number of likely N-dealkylation sites (tertiary alicyclic amines) is 1. The average molecular weight is 476 g/mol. The highest BCUT2D eigenvalue weighted by molar-refractivity contribution is 9.10. The summed E-state index contributed by atoms with van der Waals surface area (Å²) in [5.74, 6) is -2.41. The number of amides is 1. The number of ketones is 2. The van der Waals surface area contributed by atoms with Gasteiger partial charge in [-0.3, -0.25) is 14.4 Å². The molecule has 0 spiro atoms. The quantitative estimate of drug-likeness (QED) is 0.371. The normalized spacial score (nSPS) is 18.5. The second-order valence-corrected chi connectivity index (χ2v) is 8.68. The van der Waals surface area contributed by atoms with Gasteiger partial charge in [0.1, 0.15) is 11.7 Å². The highest BCUT2D eigenvalue weighted by Crippen LogP contribution is 2.37. The van der Waals surface area contributed by atoms with Crippen molar-refractivity contribution in [3.8, 4) is 11.1 Å². The fourth-order valence-electron chi connectivity index (χ4n) is 4.15. The third-order valence-corrected chi connectivity index (χ3v) is 6.29. The van der Waals surface area contributed by atoms with Gasteiger partial charge in [0.2, 0.25) is 5.78 Å². The van der Waals surface area contributed by atoms with Gasteiger partial charge in [-0.25, -0.2) is 0 Å². The van der Waals surface area contributed by atoms with Crippen molar-refractivity contribution in [1.29, 1.82) is 0 Å². The van der Waals surface area contributed by atoms with Crippen molar-refractivity contribution in [3.63, 3.8) is 0 Å². The summed E-state index contributed by atoms with van der Waals surface area (Å²) in [6.07, 6.45) is 0.603. The molecule has 3 aromatic rings. The summed E-state index contributed by atoms with van der Waals surface area (Å²) in [5.41, 5.74) is 4.14. The van der Waals surface area contributed by atoms with Crippen LogP contribution in [0.25, 0.3) is 11.1 Å². The van der Waals surface area contributed by atoms with E-state index in [0.717, 1.165) is 26.7 Å². The van der Waals surface area contributed by atoms with Gasteiger partial charge in [0, 0.05) is 11.0 Å². The van der Waals surface area contributed by atoms with E-state index in [2.05, 4.69) is 40.2 Å². The van der Waals surface area contributed by atoms with Crippen LogP contribution in [0.4, 0.5) is 0 Å². The summed E-state index contributed by atoms with van der Waals surface area (Å²) in [6, 6.07) is 25.2. The molecule has 1 amide bonds. The molecule has 0 radical (unpaired) electrons. The van der Waals surface area contributed by atoms with Crippen LogP contribution in [0.1, 0.15) is 24.1 Å². The molecule has 5 heteroatoms. The van der Waals surface area contributed by atoms with Crippen molar-refractivity contribution >= 4 is 33.4 Å². The summed E-state index contributed by atoms with van der Waals surface area (Å²) in [5, 5.41) is 0. The van der Waals surface area contributed by atoms with Gasteiger partial charge in [-0.15, -0.1) is 0 Å². The lowest BCUT2D eigenvalue weighted by atomic mass is 9.90. The fraction of sp³-hybridized carbons (Fsp3) is 0.192. The Balaban J connectivity index is 1.55. The molecule has 0 aliphatic carbocycles. The lowest BCUT2D eigenvalue weighted by Gasteiger charge is -2.27. The van der Waals surface area contributed by atoms with Gasteiger partial charge >= 0.3 is 0 Å². The highest BCUT2D eigenvalue weighted by atomic mass is 79.9. The minimum atomic E-state index is -0.950. The lowest BCUT2D eigenvalue weighted by Crippen LogP contribution is -2.32. The van der Waals surface area contributed by atoms with Crippen LogP contribution < -0.4 is 0 Å². The topological polar surface area (TPSA) is 54.5 Å². The van der Waals surface area contributed by atoms with Crippen LogP contribution in [0, 0.1) is 5.92 Å². The van der Waals surface area contributed by atoms with Crippen LogP contribution in [-0.2, 0) is 20.8 Å². The Morgan fingerprint density at radius 2 is 1.48 bits per heavy atom. The first kappa shape index (κ1) is 21.2. The maximum Gasteiger partial charge on any atom is 0.291 e. The van der Waals surface area contributed by atoms with Crippen molar-refractivity contribution in [2.24, 2.45) is 5.92 Å². The summed E-state index contributed by atoms with van der Waals surface area (Å²) in [7, 11) is 0. The van der Waals surface area contributed by atoms with E-state index in [1.54, 1.807) is 4.90 Å². The minimum Gasteiger partial charge on any atom is -0.328 e. The number of carbonyl (C=O) groups is 3. The third-order valence-electron chi connectivity index (χ3n) is 5.76. The first-order valence-corrected chi connectivity index (χ1v) is 11.0. The number of benzene rings is 3. The SMILES string of the molecule is CC(=O)C1C(=O)C(=O)N(CCc2ccc(-c3ccccc3)cc2)C1c1ccc(Br)cc1. The first-order chi connectivity index (χ1) is 15.0. The van der Waals surface area contributed by atoms with Gasteiger partial charge in [-0.2, -0.15) is 0 Å². The van der Waals surface area contributed by atoms with Crippen LogP contribution in [0.2, 0.25) is 0 Å². The number of carbonyl (C=O) groups excluding carboxylic acids is 3. The standard InChI is InChI=1S/C26H22BrNO3/c1-17(29)23-24(21-11-13-22(27)14-12-21)28(26(31)25(23)30)16-15-18-7-9-20(10-8-18)19-5-3-2-4-6-19/h2-14,23-24H,15-16H2,1H3. The molecule has 0 bridgehead atoms. The highest BCUT2D eigenvalue weighted by Gasteiger charge is 2.49. The molecule has 1 heterocycles. The Morgan fingerprint density at radius 3 is 2.10 bits per heavy atom. The molecule has 3 aromatic carbocycles. The van der Waals surface area contributed by atoms with Crippen molar-refractivity contribution < 1.29 is 14.4 Å². The van der Waals surface area contributed by atoms with Crippen LogP contribution in [0.5, 0.6) is 0 Å². The van der Waals surface area contributed by atoms with Gasteiger partial charge in [-0.1, -0.05) is 82.7 Å². The molecule has 0 saturated carbocycles. The second-order valence-electron chi connectivity index (χ2n) is 7.76. The van der Waals surface area contributed by atoms with Crippen LogP contribution >= 0.6 is 15.9 Å². The second kappa shape index (κ2) is 8.98. The zero-order chi connectivity index (χ0) is 22.0. The summed E-state index contributed by atoms with van der Waals surface area (Å²) in [4.78, 5) is 39.1. The molecule has 4 rings (SSSR count). The van der Waals surface area contributed by atoms with E-state index >= 15 is 0 Å². The maximum absolute atomic E-state index is 12.7. The predicted molar refractivity (Wildman–Crippen MR) is 123 cm³/mol. The molecule has 1 aliphatic rings. The number of halogens is 1. The van der Waals surface area contributed by atoms with E-state index in [-0.39, 0.29) is 5.78 Å². The smallest absolute Gasteiger partial charge is 0.291 e. The Bertz CT molecular complexity index is 1110. The van der Waals surface area contributed by atoms with Crippen molar-refractivity contribution in [1.82, 2.24) is 4.90 Å². The molecule has 1 aliphatic heterocycles. The molecule has 31 heavy (non-hydrogen) atoms. The molecule has 0 N–H and O–H groups in total. The van der Waals surface area contributed by atoms with Crippen molar-refractivity contribution in [3.05, 3.63) is 94.5 Å². The van der Waals surface area contributed by atoms with Crippen molar-refractivity contribution in [2.75, 3.05) is 6.54 Å². The number of hydrogen-bond acceptors (Lipinski definition) is 3. The fourth-order valence-corrected chi connectivity index (χ4v) is 4.41. The Labute approximate surface area is 190 Å². The van der Waals surface area contributed by atoms with E-state index in [1.165, 1.54) is 6.92 Å². The third kappa shape index (κ3) is 4.37. The molecule has 2 unspecified atom stereocenters. The van der Waals surface area contributed by atoms with Gasteiger partial charge in [0.25, 0.3) is 5.91 Å². The van der Waals surface area contributed by atoms with Gasteiger partial charge in [-0.05, 0) is 47.7 Å². The molecule has 4 nitrogen and oxygen atoms in total. The van der Waals surface area contributed by atoms with E-state index in [0.29, 0.717) is 13.0 Å². The summed E-state index contributed by atoms with van der Waals surface area (Å²) >= 11 is 3.41. The molecule has 156 valence electrons. The lowest BCUT2D eigenvalue weighted by molar-refractivity contribution is -0.142. The monoisotopic (exact) mass is 475 g/mol. The number of nitrogens with zero attached hydrogens (tertiary/aromatic N) is 1. The number of rotatable bonds is 6. The van der Waals surface area contributed by atoms with E-state index in [4.69, 9.17) is 0 Å². The molecule has 2 atom stereocenters. The Hall–Kier alpha value is -3.05. The average Bonchev–Trinajstić information content (AvgIpc) is 3.04. The zero-order valence-electron chi connectivity index (χ0n) is 17.1. The van der Waals surface area contributed by atoms with E-state index in [1.807, 2.05) is 54.6 Å². The van der Waals surface area contributed by atoms with E-state index < -0.39 is 23.7 Å². The molecular formula is C26H22BrNO3. The number of Topliss-reactive ketones (excluding diaryl/α,β-unsaturated/α-hetero) is 2. The summed E-state index contributed by atoms with van der Waals surface area (Å²) in [6.45, 7) is 1.76. The largest absolute Gasteiger partial charge is 0.328 e. The Kier molecular flexibility index (Phi) is 6.14. The van der Waals surface area contributed by atoms with Gasteiger partial charge < -0.3 is 4.90 Å². The minimum absolute atomic E-state index is 0.277.